The van der Waals surface area contributed by atoms with Crippen molar-refractivity contribution in [3.05, 3.63) is 33.5 Å². The van der Waals surface area contributed by atoms with Crippen LogP contribution in [0.2, 0.25) is 0 Å². The Balaban J connectivity index is 0.00000289. The van der Waals surface area contributed by atoms with E-state index in [0.29, 0.717) is 36.1 Å². The Kier molecular flexibility index (Phi) is 5.82. The Morgan fingerprint density at radius 3 is 2.44 bits per heavy atom. The van der Waals surface area contributed by atoms with Crippen molar-refractivity contribution in [1.82, 2.24) is 0 Å². The van der Waals surface area contributed by atoms with Crippen LogP contribution in [0.1, 0.15) is 51.7 Å². The Morgan fingerprint density at radius 2 is 1.81 bits per heavy atom. The van der Waals surface area contributed by atoms with Crippen LogP contribution < -0.4 is 14.9 Å². The molecule has 1 aliphatic rings. The molecule has 0 unspecified atom stereocenters. The first kappa shape index (κ1) is 23.7. The molecule has 5 N–H and O–H groups in total. The molecule has 2 aromatic carbocycles. The van der Waals surface area contributed by atoms with Gasteiger partial charge in [-0.25, -0.2) is 0 Å². The van der Waals surface area contributed by atoms with E-state index in [2.05, 4.69) is 0 Å². The van der Waals surface area contributed by atoms with Crippen molar-refractivity contribution in [3.63, 3.8) is 0 Å². The zero-order valence-electron chi connectivity index (χ0n) is 19.0. The SMILES string of the molecule is COc1c(O)cc2oc3cc4c(c(O)c3c(=O)c2c1CCC(C)(C)O)CCC(C)(C)O4.O. The van der Waals surface area contributed by atoms with E-state index in [1.807, 2.05) is 13.8 Å². The van der Waals surface area contributed by atoms with Crippen molar-refractivity contribution < 1.29 is 34.7 Å². The highest BCUT2D eigenvalue weighted by Gasteiger charge is 2.31. The third kappa shape index (κ3) is 3.96. The maximum Gasteiger partial charge on any atom is 0.204 e. The van der Waals surface area contributed by atoms with E-state index in [-0.39, 0.29) is 56.7 Å². The van der Waals surface area contributed by atoms with Crippen LogP contribution in [-0.4, -0.2) is 39.1 Å². The normalized spacial score (nSPS) is 15.2. The fourth-order valence-electron chi connectivity index (χ4n) is 4.22. The monoisotopic (exact) mass is 446 g/mol. The molecular formula is C24H30O8. The summed E-state index contributed by atoms with van der Waals surface area (Å²) in [5.41, 5.74) is -0.399. The maximum atomic E-state index is 13.6. The molecule has 0 saturated carbocycles. The van der Waals surface area contributed by atoms with Gasteiger partial charge in [-0.15, -0.1) is 0 Å². The fraction of sp³-hybridized carbons (Fsp3) is 0.458. The van der Waals surface area contributed by atoms with Gasteiger partial charge in [-0.3, -0.25) is 4.79 Å². The lowest BCUT2D eigenvalue weighted by Gasteiger charge is -2.33. The van der Waals surface area contributed by atoms with Crippen LogP contribution in [0, 0.1) is 0 Å². The first-order chi connectivity index (χ1) is 14.4. The number of phenolic OH excluding ortho intramolecular Hbond substituents is 2. The van der Waals surface area contributed by atoms with Crippen LogP contribution in [-0.2, 0) is 12.8 Å². The minimum atomic E-state index is -0.981. The second kappa shape index (κ2) is 7.86. The fourth-order valence-corrected chi connectivity index (χ4v) is 4.22. The molecule has 0 radical (unpaired) electrons. The molecule has 0 fully saturated rings. The topological polar surface area (TPSA) is 141 Å². The van der Waals surface area contributed by atoms with Gasteiger partial charge in [0.15, 0.2) is 11.5 Å². The predicted octanol–water partition coefficient (Wildman–Crippen LogP) is 3.35. The molecule has 0 saturated heterocycles. The van der Waals surface area contributed by atoms with Crippen molar-refractivity contribution in [1.29, 1.82) is 0 Å². The lowest BCUT2D eigenvalue weighted by atomic mass is 9.91. The summed E-state index contributed by atoms with van der Waals surface area (Å²) in [6, 6.07) is 2.97. The molecule has 0 spiro atoms. The van der Waals surface area contributed by atoms with Crippen molar-refractivity contribution >= 4 is 21.9 Å². The van der Waals surface area contributed by atoms with Gasteiger partial charge in [0.1, 0.15) is 33.7 Å². The van der Waals surface area contributed by atoms with Crippen molar-refractivity contribution in [2.75, 3.05) is 7.11 Å². The van der Waals surface area contributed by atoms with Crippen LogP contribution in [0.5, 0.6) is 23.0 Å². The smallest absolute Gasteiger partial charge is 0.204 e. The molecule has 4 rings (SSSR count). The average Bonchev–Trinajstić information content (AvgIpc) is 2.64. The van der Waals surface area contributed by atoms with Gasteiger partial charge in [0, 0.05) is 23.3 Å². The van der Waals surface area contributed by atoms with E-state index in [1.54, 1.807) is 19.9 Å². The molecule has 0 atom stereocenters. The summed E-state index contributed by atoms with van der Waals surface area (Å²) in [5.74, 6) is 0.344. The molecule has 0 aliphatic carbocycles. The van der Waals surface area contributed by atoms with Crippen molar-refractivity contribution in [3.8, 4) is 23.0 Å². The van der Waals surface area contributed by atoms with Crippen LogP contribution in [0.25, 0.3) is 21.9 Å². The molecule has 8 nitrogen and oxygen atoms in total. The van der Waals surface area contributed by atoms with Crippen molar-refractivity contribution in [2.45, 2.75) is 64.6 Å². The first-order valence-corrected chi connectivity index (χ1v) is 10.4. The van der Waals surface area contributed by atoms with Crippen LogP contribution in [0.4, 0.5) is 0 Å². The molecule has 0 bridgehead atoms. The third-order valence-electron chi connectivity index (χ3n) is 5.88. The summed E-state index contributed by atoms with van der Waals surface area (Å²) in [4.78, 5) is 13.6. The number of hydrogen-bond donors (Lipinski definition) is 3. The summed E-state index contributed by atoms with van der Waals surface area (Å²) in [6.07, 6.45) is 1.89. The van der Waals surface area contributed by atoms with Gasteiger partial charge in [0.25, 0.3) is 0 Å². The largest absolute Gasteiger partial charge is 0.507 e. The number of aliphatic hydroxyl groups is 1. The Bertz CT molecular complexity index is 1250. The van der Waals surface area contributed by atoms with E-state index in [4.69, 9.17) is 13.9 Å². The summed E-state index contributed by atoms with van der Waals surface area (Å²) >= 11 is 0. The molecule has 3 aromatic rings. The molecule has 0 amide bonds. The number of aryl methyl sites for hydroxylation is 1. The highest BCUT2D eigenvalue weighted by Crippen LogP contribution is 2.44. The van der Waals surface area contributed by atoms with Gasteiger partial charge in [-0.2, -0.15) is 0 Å². The summed E-state index contributed by atoms with van der Waals surface area (Å²) in [7, 11) is 1.41. The van der Waals surface area contributed by atoms with Gasteiger partial charge in [0.05, 0.1) is 18.1 Å². The van der Waals surface area contributed by atoms with E-state index in [1.165, 1.54) is 13.2 Å². The molecule has 32 heavy (non-hydrogen) atoms. The number of hydrogen-bond acceptors (Lipinski definition) is 7. The minimum Gasteiger partial charge on any atom is -0.507 e. The Morgan fingerprint density at radius 1 is 1.16 bits per heavy atom. The van der Waals surface area contributed by atoms with E-state index < -0.39 is 11.0 Å². The Hall–Kier alpha value is -2.97. The molecule has 1 aromatic heterocycles. The number of benzene rings is 2. The second-order valence-corrected chi connectivity index (χ2v) is 9.46. The van der Waals surface area contributed by atoms with E-state index in [0.717, 1.165) is 0 Å². The standard InChI is InChI=1S/C24H28O7.H2O/c1-23(2,28)8-6-13-18-16(10-14(25)22(13)29-5)30-17-11-15-12(7-9-24(3,4)31-15)20(26)19(17)21(18)27;/h10-11,25-26,28H,6-9H2,1-5H3;1H2. The van der Waals surface area contributed by atoms with Gasteiger partial charge in [0.2, 0.25) is 5.43 Å². The molecule has 174 valence electrons. The van der Waals surface area contributed by atoms with Crippen LogP contribution in [0.3, 0.4) is 0 Å². The van der Waals surface area contributed by atoms with Crippen molar-refractivity contribution in [2.24, 2.45) is 0 Å². The average molecular weight is 446 g/mol. The lowest BCUT2D eigenvalue weighted by molar-refractivity contribution is 0.0713. The highest BCUT2D eigenvalue weighted by molar-refractivity contribution is 5.97. The van der Waals surface area contributed by atoms with Crippen LogP contribution in [0.15, 0.2) is 21.3 Å². The van der Waals surface area contributed by atoms with E-state index >= 15 is 0 Å². The zero-order chi connectivity index (χ0) is 22.7. The van der Waals surface area contributed by atoms with Gasteiger partial charge in [-0.1, -0.05) is 0 Å². The van der Waals surface area contributed by atoms with Gasteiger partial charge < -0.3 is 34.7 Å². The zero-order valence-corrected chi connectivity index (χ0v) is 19.0. The van der Waals surface area contributed by atoms with Crippen LogP contribution >= 0.6 is 0 Å². The maximum absolute atomic E-state index is 13.6. The number of phenols is 2. The van der Waals surface area contributed by atoms with Gasteiger partial charge in [-0.05, 0) is 53.4 Å². The number of methoxy groups -OCH3 is 1. The number of rotatable bonds is 4. The lowest BCUT2D eigenvalue weighted by Crippen LogP contribution is -2.32. The number of aromatic hydroxyl groups is 2. The number of fused-ring (bicyclic) bond motifs is 3. The Labute approximate surface area is 185 Å². The molecule has 8 heteroatoms. The summed E-state index contributed by atoms with van der Waals surface area (Å²) in [6.45, 7) is 7.27. The number of ether oxygens (including phenoxy) is 2. The molecular weight excluding hydrogens is 416 g/mol. The summed E-state index contributed by atoms with van der Waals surface area (Å²) < 4.78 is 17.3. The first-order valence-electron chi connectivity index (χ1n) is 10.4. The predicted molar refractivity (Wildman–Crippen MR) is 121 cm³/mol. The molecule has 2 heterocycles. The summed E-state index contributed by atoms with van der Waals surface area (Å²) in [5, 5.41) is 31.9. The highest BCUT2D eigenvalue weighted by atomic mass is 16.5. The quantitative estimate of drug-likeness (QED) is 0.522. The van der Waals surface area contributed by atoms with E-state index in [9.17, 15) is 20.1 Å². The molecule has 1 aliphatic heterocycles. The minimum absolute atomic E-state index is 0. The van der Waals surface area contributed by atoms with Gasteiger partial charge >= 0.3 is 0 Å². The third-order valence-corrected chi connectivity index (χ3v) is 5.88. The second-order valence-electron chi connectivity index (χ2n) is 9.46.